The Kier molecular flexibility index (Phi) is 6.69. The molecule has 0 heterocycles. The number of rotatable bonds is 8. The molecule has 0 fully saturated rings. The van der Waals surface area contributed by atoms with E-state index >= 15 is 0 Å². The average Bonchev–Trinajstić information content (AvgIpc) is 2.38. The molecular weight excluding hydrogens is 248 g/mol. The number of hydrogen-bond donors (Lipinski definition) is 1. The first kappa shape index (κ1) is 16.7. The van der Waals surface area contributed by atoms with E-state index < -0.39 is 0 Å². The second-order valence-electron chi connectivity index (χ2n) is 5.65. The highest BCUT2D eigenvalue weighted by Crippen LogP contribution is 2.27. The monoisotopic (exact) mass is 278 g/mol. The van der Waals surface area contributed by atoms with Crippen molar-refractivity contribution in [1.29, 1.82) is 0 Å². The van der Waals surface area contributed by atoms with Crippen molar-refractivity contribution in [2.24, 2.45) is 5.92 Å². The summed E-state index contributed by atoms with van der Waals surface area (Å²) in [4.78, 5) is 2.39. The van der Waals surface area contributed by atoms with Gasteiger partial charge < -0.3 is 15.4 Å². The maximum absolute atomic E-state index is 6.02. The Labute approximate surface area is 124 Å². The molecule has 0 spiro atoms. The molecule has 1 aromatic carbocycles. The maximum atomic E-state index is 6.02. The minimum Gasteiger partial charge on any atom is -0.491 e. The van der Waals surface area contributed by atoms with E-state index in [0.29, 0.717) is 0 Å². The molecule has 0 unspecified atom stereocenters. The van der Waals surface area contributed by atoms with Gasteiger partial charge in [-0.25, -0.2) is 0 Å². The molecule has 0 saturated heterocycles. The molecule has 0 aliphatic rings. The summed E-state index contributed by atoms with van der Waals surface area (Å²) in [5.74, 6) is 1.59. The van der Waals surface area contributed by atoms with Crippen LogP contribution >= 0.6 is 0 Å². The number of nitrogens with zero attached hydrogens (tertiary/aromatic N) is 1. The molecule has 0 amide bonds. The second-order valence-corrected chi connectivity index (χ2v) is 5.65. The Morgan fingerprint density at radius 3 is 2.25 bits per heavy atom. The van der Waals surface area contributed by atoms with Crippen molar-refractivity contribution in [3.05, 3.63) is 18.2 Å². The maximum Gasteiger partial charge on any atom is 0.123 e. The number of anilines is 2. The fourth-order valence-corrected chi connectivity index (χ4v) is 2.40. The Morgan fingerprint density at radius 1 is 1.10 bits per heavy atom. The van der Waals surface area contributed by atoms with Crippen molar-refractivity contribution in [2.75, 3.05) is 23.7 Å². The van der Waals surface area contributed by atoms with Crippen LogP contribution in [-0.4, -0.2) is 19.2 Å². The number of hydrogen-bond acceptors (Lipinski definition) is 3. The van der Waals surface area contributed by atoms with Crippen LogP contribution in [0.25, 0.3) is 0 Å². The van der Waals surface area contributed by atoms with Crippen LogP contribution in [0.2, 0.25) is 0 Å². The molecule has 0 aromatic heterocycles. The van der Waals surface area contributed by atoms with Crippen LogP contribution in [0.1, 0.15) is 47.5 Å². The summed E-state index contributed by atoms with van der Waals surface area (Å²) in [7, 11) is 0. The molecule has 0 saturated carbocycles. The van der Waals surface area contributed by atoms with Crippen LogP contribution in [-0.2, 0) is 0 Å². The lowest BCUT2D eigenvalue weighted by Crippen LogP contribution is -2.29. The third kappa shape index (κ3) is 4.95. The van der Waals surface area contributed by atoms with Gasteiger partial charge in [0.05, 0.1) is 6.10 Å². The predicted octanol–water partition coefficient (Wildman–Crippen LogP) is 4.32. The molecule has 0 bridgehead atoms. The van der Waals surface area contributed by atoms with E-state index in [0.717, 1.165) is 36.1 Å². The molecule has 20 heavy (non-hydrogen) atoms. The van der Waals surface area contributed by atoms with E-state index in [-0.39, 0.29) is 6.10 Å². The summed E-state index contributed by atoms with van der Waals surface area (Å²) in [5.41, 5.74) is 7.94. The van der Waals surface area contributed by atoms with Gasteiger partial charge in [-0.2, -0.15) is 0 Å². The normalized spacial score (nSPS) is 11.2. The summed E-state index contributed by atoms with van der Waals surface area (Å²) in [6.45, 7) is 12.8. The summed E-state index contributed by atoms with van der Waals surface area (Å²) in [6.07, 6.45) is 2.59. The van der Waals surface area contributed by atoms with Gasteiger partial charge in [0.15, 0.2) is 0 Å². The van der Waals surface area contributed by atoms with Crippen molar-refractivity contribution >= 4 is 11.4 Å². The zero-order valence-electron chi connectivity index (χ0n) is 13.6. The third-order valence-corrected chi connectivity index (χ3v) is 3.67. The zero-order chi connectivity index (χ0) is 15.1. The first-order chi connectivity index (χ1) is 9.49. The molecule has 1 aromatic rings. The van der Waals surface area contributed by atoms with E-state index in [2.05, 4.69) is 31.7 Å². The molecule has 114 valence electrons. The zero-order valence-corrected chi connectivity index (χ0v) is 13.6. The minimum absolute atomic E-state index is 0.166. The Hall–Kier alpha value is -1.38. The van der Waals surface area contributed by atoms with Gasteiger partial charge in [0, 0.05) is 36.6 Å². The smallest absolute Gasteiger partial charge is 0.123 e. The Morgan fingerprint density at radius 2 is 1.75 bits per heavy atom. The van der Waals surface area contributed by atoms with Gasteiger partial charge in [0.2, 0.25) is 0 Å². The van der Waals surface area contributed by atoms with Gasteiger partial charge in [0.25, 0.3) is 0 Å². The molecule has 0 radical (unpaired) electrons. The lowest BCUT2D eigenvalue weighted by atomic mass is 10.0. The summed E-state index contributed by atoms with van der Waals surface area (Å²) in [5, 5.41) is 0. The lowest BCUT2D eigenvalue weighted by molar-refractivity contribution is 0.242. The van der Waals surface area contributed by atoms with Crippen molar-refractivity contribution in [3.63, 3.8) is 0 Å². The number of ether oxygens (including phenoxy) is 1. The first-order valence-electron chi connectivity index (χ1n) is 7.82. The highest BCUT2D eigenvalue weighted by molar-refractivity contribution is 5.60. The topological polar surface area (TPSA) is 38.5 Å². The molecule has 3 nitrogen and oxygen atoms in total. The number of nitrogens with two attached hydrogens (primary N) is 1. The van der Waals surface area contributed by atoms with Crippen molar-refractivity contribution in [3.8, 4) is 5.75 Å². The SMILES string of the molecule is CCC(CC)CN(CC)c1cc(N)cc(OC(C)C)c1. The van der Waals surface area contributed by atoms with Crippen molar-refractivity contribution < 1.29 is 4.74 Å². The molecule has 0 aliphatic heterocycles. The van der Waals surface area contributed by atoms with Crippen LogP contribution in [0.3, 0.4) is 0 Å². The quantitative estimate of drug-likeness (QED) is 0.720. The predicted molar refractivity (Wildman–Crippen MR) is 88.6 cm³/mol. The Bertz CT molecular complexity index is 400. The van der Waals surface area contributed by atoms with Gasteiger partial charge in [-0.05, 0) is 32.8 Å². The van der Waals surface area contributed by atoms with Gasteiger partial charge in [-0.15, -0.1) is 0 Å². The fourth-order valence-electron chi connectivity index (χ4n) is 2.40. The molecule has 0 atom stereocenters. The van der Waals surface area contributed by atoms with Gasteiger partial charge in [-0.1, -0.05) is 26.7 Å². The van der Waals surface area contributed by atoms with E-state index in [1.165, 1.54) is 12.8 Å². The average molecular weight is 278 g/mol. The fraction of sp³-hybridized carbons (Fsp3) is 0.647. The highest BCUT2D eigenvalue weighted by atomic mass is 16.5. The van der Waals surface area contributed by atoms with Gasteiger partial charge in [-0.3, -0.25) is 0 Å². The summed E-state index contributed by atoms with van der Waals surface area (Å²) >= 11 is 0. The van der Waals surface area contributed by atoms with Crippen LogP contribution in [0.5, 0.6) is 5.75 Å². The Balaban J connectivity index is 2.93. The standard InChI is InChI=1S/C17H30N2O/c1-6-14(7-2)12-19(8-3)16-9-15(18)10-17(11-16)20-13(4)5/h9-11,13-14H,6-8,12,18H2,1-5H3. The largest absolute Gasteiger partial charge is 0.491 e. The van der Waals surface area contributed by atoms with Crippen LogP contribution < -0.4 is 15.4 Å². The first-order valence-corrected chi connectivity index (χ1v) is 7.82. The van der Waals surface area contributed by atoms with Gasteiger partial charge in [0.1, 0.15) is 5.75 Å². The van der Waals surface area contributed by atoms with Crippen molar-refractivity contribution in [2.45, 2.75) is 53.6 Å². The number of nitrogen functional groups attached to an aromatic ring is 1. The number of benzene rings is 1. The van der Waals surface area contributed by atoms with E-state index in [4.69, 9.17) is 10.5 Å². The van der Waals surface area contributed by atoms with E-state index in [9.17, 15) is 0 Å². The van der Waals surface area contributed by atoms with Crippen LogP contribution in [0, 0.1) is 5.92 Å². The van der Waals surface area contributed by atoms with E-state index in [1.54, 1.807) is 0 Å². The third-order valence-electron chi connectivity index (χ3n) is 3.67. The summed E-state index contributed by atoms with van der Waals surface area (Å²) in [6, 6.07) is 6.04. The molecule has 3 heteroatoms. The van der Waals surface area contributed by atoms with Gasteiger partial charge >= 0.3 is 0 Å². The second kappa shape index (κ2) is 8.03. The molecular formula is C17H30N2O. The highest BCUT2D eigenvalue weighted by Gasteiger charge is 2.12. The lowest BCUT2D eigenvalue weighted by Gasteiger charge is -2.28. The molecule has 0 aliphatic carbocycles. The van der Waals surface area contributed by atoms with E-state index in [1.807, 2.05) is 26.0 Å². The van der Waals surface area contributed by atoms with Crippen molar-refractivity contribution in [1.82, 2.24) is 0 Å². The summed E-state index contributed by atoms with van der Waals surface area (Å²) < 4.78 is 5.78. The van der Waals surface area contributed by atoms with Crippen LogP contribution in [0.15, 0.2) is 18.2 Å². The van der Waals surface area contributed by atoms with Crippen LogP contribution in [0.4, 0.5) is 11.4 Å². The molecule has 1 rings (SSSR count). The molecule has 2 N–H and O–H groups in total. The minimum atomic E-state index is 0.166.